The van der Waals surface area contributed by atoms with Gasteiger partial charge in [-0.25, -0.2) is 0 Å². The van der Waals surface area contributed by atoms with E-state index in [0.29, 0.717) is 17.0 Å². The van der Waals surface area contributed by atoms with Crippen LogP contribution in [-0.4, -0.2) is 23.1 Å². The fourth-order valence-corrected chi connectivity index (χ4v) is 1.95. The van der Waals surface area contributed by atoms with Gasteiger partial charge in [0.1, 0.15) is 5.75 Å². The zero-order valence-corrected chi connectivity index (χ0v) is 11.3. The Morgan fingerprint density at radius 2 is 2.22 bits per heavy atom. The van der Waals surface area contributed by atoms with Crippen LogP contribution in [0.5, 0.6) is 5.75 Å². The number of carbonyl (C=O) groups is 1. The highest BCUT2D eigenvalue weighted by Gasteiger charge is 2.14. The molecule has 0 aliphatic rings. The molecule has 0 fully saturated rings. The van der Waals surface area contributed by atoms with Crippen molar-refractivity contribution in [3.05, 3.63) is 52.3 Å². The van der Waals surface area contributed by atoms with Crippen molar-refractivity contribution in [2.45, 2.75) is 6.42 Å². The molecule has 5 heteroatoms. The van der Waals surface area contributed by atoms with E-state index >= 15 is 0 Å². The van der Waals surface area contributed by atoms with E-state index in [2.05, 4.69) is 26.1 Å². The molecule has 0 spiro atoms. The number of nitrogens with zero attached hydrogens (tertiary/aromatic N) is 2. The van der Waals surface area contributed by atoms with Crippen LogP contribution in [0.2, 0.25) is 0 Å². The van der Waals surface area contributed by atoms with Crippen LogP contribution >= 0.6 is 15.9 Å². The quantitative estimate of drug-likeness (QED) is 0.815. The number of ether oxygens (including phenoxy) is 1. The number of ketones is 1. The summed E-state index contributed by atoms with van der Waals surface area (Å²) in [5.41, 5.74) is 1.18. The second-order valence-corrected chi connectivity index (χ2v) is 4.58. The highest BCUT2D eigenvalue weighted by molar-refractivity contribution is 9.10. The smallest absolute Gasteiger partial charge is 0.172 e. The lowest BCUT2D eigenvalue weighted by atomic mass is 10.1. The van der Waals surface area contributed by atoms with Gasteiger partial charge in [0.05, 0.1) is 24.8 Å². The van der Waals surface area contributed by atoms with Gasteiger partial charge in [-0.1, -0.05) is 15.9 Å². The summed E-state index contributed by atoms with van der Waals surface area (Å²) in [5.74, 6) is 0.515. The van der Waals surface area contributed by atoms with Crippen LogP contribution in [0.15, 0.2) is 41.0 Å². The Balaban J connectivity index is 2.26. The molecule has 0 N–H and O–H groups in total. The van der Waals surface area contributed by atoms with Gasteiger partial charge in [0, 0.05) is 10.7 Å². The zero-order chi connectivity index (χ0) is 13.0. The van der Waals surface area contributed by atoms with Crippen molar-refractivity contribution in [1.82, 2.24) is 10.2 Å². The standard InChI is InChI=1S/C13H11BrN2O2/c1-18-13-5-4-9(14)7-11(13)12(17)8-10-3-2-6-15-16-10/h2-7H,8H2,1H3. The summed E-state index contributed by atoms with van der Waals surface area (Å²) in [6.45, 7) is 0. The monoisotopic (exact) mass is 306 g/mol. The molecule has 0 radical (unpaired) electrons. The minimum absolute atomic E-state index is 0.0475. The summed E-state index contributed by atoms with van der Waals surface area (Å²) < 4.78 is 6.02. The Hall–Kier alpha value is -1.75. The van der Waals surface area contributed by atoms with E-state index < -0.39 is 0 Å². The molecule has 4 nitrogen and oxygen atoms in total. The molecule has 0 atom stereocenters. The van der Waals surface area contributed by atoms with Gasteiger partial charge in [-0.15, -0.1) is 0 Å². The minimum atomic E-state index is -0.0475. The normalized spacial score (nSPS) is 10.1. The van der Waals surface area contributed by atoms with E-state index in [4.69, 9.17) is 4.74 Å². The Morgan fingerprint density at radius 1 is 1.39 bits per heavy atom. The van der Waals surface area contributed by atoms with Crippen LogP contribution in [0, 0.1) is 0 Å². The Morgan fingerprint density at radius 3 is 2.89 bits per heavy atom. The van der Waals surface area contributed by atoms with E-state index in [1.54, 1.807) is 37.6 Å². The van der Waals surface area contributed by atoms with Gasteiger partial charge >= 0.3 is 0 Å². The van der Waals surface area contributed by atoms with E-state index in [1.807, 2.05) is 6.07 Å². The average molecular weight is 307 g/mol. The first-order chi connectivity index (χ1) is 8.70. The van der Waals surface area contributed by atoms with Crippen molar-refractivity contribution in [3.8, 4) is 5.75 Å². The summed E-state index contributed by atoms with van der Waals surface area (Å²) in [6, 6.07) is 8.87. The number of rotatable bonds is 4. The fourth-order valence-electron chi connectivity index (χ4n) is 1.59. The number of carbonyl (C=O) groups excluding carboxylic acids is 1. The van der Waals surface area contributed by atoms with Crippen LogP contribution < -0.4 is 4.74 Å². The number of methoxy groups -OCH3 is 1. The molecule has 1 aromatic heterocycles. The molecule has 18 heavy (non-hydrogen) atoms. The number of aromatic nitrogens is 2. The predicted octanol–water partition coefficient (Wildman–Crippen LogP) is 2.67. The molecule has 92 valence electrons. The highest BCUT2D eigenvalue weighted by atomic mass is 79.9. The van der Waals surface area contributed by atoms with Gasteiger partial charge in [-0.2, -0.15) is 10.2 Å². The Labute approximate surface area is 113 Å². The van der Waals surface area contributed by atoms with Crippen LogP contribution in [0.25, 0.3) is 0 Å². The Bertz CT molecular complexity index is 558. The molecule has 0 unspecified atom stereocenters. The molecule has 2 aromatic rings. The summed E-state index contributed by atoms with van der Waals surface area (Å²) in [5, 5.41) is 7.65. The predicted molar refractivity (Wildman–Crippen MR) is 70.8 cm³/mol. The third-order valence-electron chi connectivity index (χ3n) is 2.43. The number of benzene rings is 1. The van der Waals surface area contributed by atoms with Crippen LogP contribution in [0.4, 0.5) is 0 Å². The fraction of sp³-hybridized carbons (Fsp3) is 0.154. The van der Waals surface area contributed by atoms with Gasteiger partial charge in [0.2, 0.25) is 0 Å². The van der Waals surface area contributed by atoms with Crippen molar-refractivity contribution >= 4 is 21.7 Å². The summed E-state index contributed by atoms with van der Waals surface area (Å²) in [6.07, 6.45) is 1.79. The molecule has 1 heterocycles. The summed E-state index contributed by atoms with van der Waals surface area (Å²) in [7, 11) is 1.54. The summed E-state index contributed by atoms with van der Waals surface area (Å²) in [4.78, 5) is 12.2. The molecule has 0 aliphatic heterocycles. The lowest BCUT2D eigenvalue weighted by Gasteiger charge is -2.07. The van der Waals surface area contributed by atoms with Gasteiger partial charge in [-0.05, 0) is 30.3 Å². The van der Waals surface area contributed by atoms with Crippen LogP contribution in [-0.2, 0) is 6.42 Å². The molecule has 0 bridgehead atoms. The molecular formula is C13H11BrN2O2. The molecule has 1 aromatic carbocycles. The first-order valence-electron chi connectivity index (χ1n) is 5.34. The lowest BCUT2D eigenvalue weighted by Crippen LogP contribution is -2.07. The first-order valence-corrected chi connectivity index (χ1v) is 6.13. The van der Waals surface area contributed by atoms with E-state index in [-0.39, 0.29) is 12.2 Å². The molecule has 0 saturated carbocycles. The van der Waals surface area contributed by atoms with Gasteiger partial charge in [-0.3, -0.25) is 4.79 Å². The van der Waals surface area contributed by atoms with Gasteiger partial charge < -0.3 is 4.74 Å². The van der Waals surface area contributed by atoms with E-state index in [1.165, 1.54) is 0 Å². The highest BCUT2D eigenvalue weighted by Crippen LogP contribution is 2.24. The van der Waals surface area contributed by atoms with Crippen molar-refractivity contribution < 1.29 is 9.53 Å². The SMILES string of the molecule is COc1ccc(Br)cc1C(=O)Cc1cccnn1. The maximum absolute atomic E-state index is 12.2. The second kappa shape index (κ2) is 5.73. The maximum Gasteiger partial charge on any atom is 0.172 e. The van der Waals surface area contributed by atoms with Gasteiger partial charge in [0.25, 0.3) is 0 Å². The topological polar surface area (TPSA) is 52.1 Å². The molecular weight excluding hydrogens is 296 g/mol. The van der Waals surface area contributed by atoms with Crippen molar-refractivity contribution in [2.75, 3.05) is 7.11 Å². The number of halogens is 1. The number of Topliss-reactive ketones (excluding diaryl/α,β-unsaturated/α-hetero) is 1. The van der Waals surface area contributed by atoms with Gasteiger partial charge in [0.15, 0.2) is 5.78 Å². The van der Waals surface area contributed by atoms with Crippen molar-refractivity contribution in [1.29, 1.82) is 0 Å². The second-order valence-electron chi connectivity index (χ2n) is 3.66. The van der Waals surface area contributed by atoms with Crippen molar-refractivity contribution in [2.24, 2.45) is 0 Å². The molecule has 0 saturated heterocycles. The van der Waals surface area contributed by atoms with Crippen molar-refractivity contribution in [3.63, 3.8) is 0 Å². The molecule has 2 rings (SSSR count). The van der Waals surface area contributed by atoms with Crippen LogP contribution in [0.1, 0.15) is 16.1 Å². The lowest BCUT2D eigenvalue weighted by molar-refractivity contribution is 0.0988. The van der Waals surface area contributed by atoms with E-state index in [0.717, 1.165) is 4.47 Å². The average Bonchev–Trinajstić information content (AvgIpc) is 2.40. The minimum Gasteiger partial charge on any atom is -0.496 e. The van der Waals surface area contributed by atoms with Crippen LogP contribution in [0.3, 0.4) is 0 Å². The summed E-state index contributed by atoms with van der Waals surface area (Å²) >= 11 is 3.34. The Kier molecular flexibility index (Phi) is 4.04. The van der Waals surface area contributed by atoms with E-state index in [9.17, 15) is 4.79 Å². The molecule has 0 aliphatic carbocycles. The number of hydrogen-bond donors (Lipinski definition) is 0. The largest absolute Gasteiger partial charge is 0.496 e. The maximum atomic E-state index is 12.2. The number of hydrogen-bond acceptors (Lipinski definition) is 4. The first kappa shape index (κ1) is 12.7. The third-order valence-corrected chi connectivity index (χ3v) is 2.92. The third kappa shape index (κ3) is 2.92. The molecule has 0 amide bonds. The zero-order valence-electron chi connectivity index (χ0n) is 9.76.